The van der Waals surface area contributed by atoms with Gasteiger partial charge in [0.1, 0.15) is 18.3 Å². The molecule has 3 aromatic rings. The van der Waals surface area contributed by atoms with Crippen LogP contribution in [0.3, 0.4) is 0 Å². The Morgan fingerprint density at radius 1 is 1.14 bits per heavy atom. The first-order valence-corrected chi connectivity index (χ1v) is 14.7. The number of fused-ring (bicyclic) bond motifs is 1. The monoisotopic (exact) mass is 601 g/mol. The molecule has 0 radical (unpaired) electrons. The number of pyridine rings is 3. The molecule has 0 aromatic carbocycles. The molecule has 3 fully saturated rings. The number of rotatable bonds is 12. The Balaban J connectivity index is 1.31. The summed E-state index contributed by atoms with van der Waals surface area (Å²) >= 11 is 0. The van der Waals surface area contributed by atoms with Gasteiger partial charge in [0.2, 0.25) is 17.6 Å². The van der Waals surface area contributed by atoms with E-state index in [0.29, 0.717) is 28.6 Å². The van der Waals surface area contributed by atoms with Crippen molar-refractivity contribution < 1.29 is 24.0 Å². The summed E-state index contributed by atoms with van der Waals surface area (Å²) in [4.78, 5) is 85.6. The van der Waals surface area contributed by atoms with Crippen molar-refractivity contribution in [2.75, 3.05) is 11.9 Å². The second kappa shape index (κ2) is 12.3. The van der Waals surface area contributed by atoms with E-state index in [1.807, 2.05) is 0 Å². The summed E-state index contributed by atoms with van der Waals surface area (Å²) in [6.45, 7) is 5.45. The Morgan fingerprint density at radius 3 is 2.59 bits per heavy atom. The molecule has 0 spiro atoms. The molecular weight excluding hydrogens is 566 g/mol. The van der Waals surface area contributed by atoms with Crippen molar-refractivity contribution in [1.82, 2.24) is 30.5 Å². The predicted molar refractivity (Wildman–Crippen MR) is 161 cm³/mol. The van der Waals surface area contributed by atoms with Crippen molar-refractivity contribution in [3.05, 3.63) is 64.3 Å². The molecule has 3 heterocycles. The van der Waals surface area contributed by atoms with Gasteiger partial charge in [0.25, 0.3) is 17.4 Å². The molecule has 0 aliphatic heterocycles. The quantitative estimate of drug-likeness (QED) is 0.224. The number of ketones is 1. The topological polar surface area (TPSA) is 181 Å². The van der Waals surface area contributed by atoms with Crippen LogP contribution in [0.5, 0.6) is 0 Å². The molecule has 2 atom stereocenters. The lowest BCUT2D eigenvalue weighted by molar-refractivity contribution is -0.151. The van der Waals surface area contributed by atoms with Crippen molar-refractivity contribution >= 4 is 46.1 Å². The Labute approximate surface area is 253 Å². The number of nitrogens with zero attached hydrogens (tertiary/aromatic N) is 3. The van der Waals surface area contributed by atoms with Crippen LogP contribution in [0.1, 0.15) is 55.6 Å². The van der Waals surface area contributed by atoms with Gasteiger partial charge in [-0.05, 0) is 75.3 Å². The van der Waals surface area contributed by atoms with E-state index in [0.717, 1.165) is 12.8 Å². The molecule has 3 aliphatic rings. The smallest absolute Gasteiger partial charge is 0.287 e. The van der Waals surface area contributed by atoms with Crippen molar-refractivity contribution in [3.63, 3.8) is 0 Å². The van der Waals surface area contributed by atoms with E-state index in [9.17, 15) is 28.8 Å². The average Bonchev–Trinajstić information content (AvgIpc) is 2.98. The van der Waals surface area contributed by atoms with Crippen LogP contribution < -0.4 is 26.8 Å². The van der Waals surface area contributed by atoms with Crippen LogP contribution in [0.25, 0.3) is 11.0 Å². The van der Waals surface area contributed by atoms with Gasteiger partial charge in [-0.25, -0.2) is 9.97 Å². The third-order valence-corrected chi connectivity index (χ3v) is 8.71. The Morgan fingerprint density at radius 2 is 1.91 bits per heavy atom. The maximum atomic E-state index is 13.5. The number of hydrogen-bond acceptors (Lipinski definition) is 8. The lowest BCUT2D eigenvalue weighted by Gasteiger charge is -2.67. The van der Waals surface area contributed by atoms with Gasteiger partial charge in [-0.15, -0.1) is 0 Å². The molecule has 6 rings (SSSR count). The number of carbonyl (C=O) groups is 5. The van der Waals surface area contributed by atoms with Crippen LogP contribution in [0.4, 0.5) is 5.69 Å². The zero-order valence-electron chi connectivity index (χ0n) is 24.8. The molecular formula is C31H35N7O6. The number of aryl methyl sites for hydroxylation is 1. The minimum atomic E-state index is -1.29. The molecule has 4 amide bonds. The number of Topliss-reactive ketones (excluding diaryl/α,β-unsaturated/α-hetero) is 1. The maximum Gasteiger partial charge on any atom is 0.287 e. The van der Waals surface area contributed by atoms with Crippen molar-refractivity contribution in [1.29, 1.82) is 0 Å². The van der Waals surface area contributed by atoms with E-state index in [2.05, 4.69) is 38.2 Å². The van der Waals surface area contributed by atoms with Gasteiger partial charge in [-0.1, -0.05) is 6.92 Å². The molecule has 44 heavy (non-hydrogen) atoms. The van der Waals surface area contributed by atoms with Crippen LogP contribution in [-0.2, 0) is 25.7 Å². The second-order valence-corrected chi connectivity index (χ2v) is 11.5. The van der Waals surface area contributed by atoms with Gasteiger partial charge in [0.15, 0.2) is 5.65 Å². The van der Waals surface area contributed by atoms with Gasteiger partial charge in [0.05, 0.1) is 11.3 Å². The summed E-state index contributed by atoms with van der Waals surface area (Å²) in [7, 11) is 0. The molecule has 0 unspecified atom stereocenters. The first-order valence-electron chi connectivity index (χ1n) is 14.7. The largest absolute Gasteiger partial charge is 0.350 e. The van der Waals surface area contributed by atoms with E-state index in [1.54, 1.807) is 38.2 Å². The molecule has 4 N–H and O–H groups in total. The number of hydrogen-bond donors (Lipinski definition) is 4. The molecule has 2 bridgehead atoms. The van der Waals surface area contributed by atoms with Gasteiger partial charge < -0.3 is 25.8 Å². The van der Waals surface area contributed by atoms with Crippen LogP contribution in [0.15, 0.2) is 47.5 Å². The second-order valence-electron chi connectivity index (χ2n) is 11.5. The minimum absolute atomic E-state index is 0.104. The Kier molecular flexibility index (Phi) is 8.56. The molecule has 13 heteroatoms. The van der Waals surface area contributed by atoms with Gasteiger partial charge in [0, 0.05) is 36.3 Å². The fourth-order valence-electron chi connectivity index (χ4n) is 5.87. The molecule has 0 saturated heterocycles. The highest BCUT2D eigenvalue weighted by atomic mass is 16.2. The van der Waals surface area contributed by atoms with Gasteiger partial charge in [-0.3, -0.25) is 28.8 Å². The molecule has 13 nitrogen and oxygen atoms in total. The van der Waals surface area contributed by atoms with E-state index in [-0.39, 0.29) is 48.6 Å². The molecule has 3 aliphatic carbocycles. The number of nitrogens with one attached hydrogen (secondary N) is 4. The number of carbonyl (C=O) groups excluding carboxylic acids is 5. The highest BCUT2D eigenvalue weighted by molar-refractivity contribution is 6.36. The number of aromatic nitrogens is 3. The zero-order valence-corrected chi connectivity index (χ0v) is 24.8. The Hall–Kier alpha value is -4.94. The summed E-state index contributed by atoms with van der Waals surface area (Å²) in [6.07, 6.45) is 4.40. The number of likely N-dealkylation sites (N-methyl/N-ethyl adjacent to an activating group) is 1. The number of anilines is 1. The van der Waals surface area contributed by atoms with Crippen LogP contribution >= 0.6 is 0 Å². The molecule has 3 saturated carbocycles. The first kappa shape index (κ1) is 30.5. The van der Waals surface area contributed by atoms with Crippen LogP contribution in [0, 0.1) is 18.8 Å². The summed E-state index contributed by atoms with van der Waals surface area (Å²) < 4.78 is 1.20. The predicted octanol–water partition coefficient (Wildman–Crippen LogP) is 1.24. The highest BCUT2D eigenvalue weighted by Crippen LogP contribution is 2.61. The summed E-state index contributed by atoms with van der Waals surface area (Å²) in [5, 5.41) is 11.3. The number of amides is 4. The zero-order chi connectivity index (χ0) is 31.6. The van der Waals surface area contributed by atoms with Crippen molar-refractivity contribution in [3.8, 4) is 0 Å². The summed E-state index contributed by atoms with van der Waals surface area (Å²) in [5.74, 6) is -2.15. The molecule has 230 valence electrons. The van der Waals surface area contributed by atoms with E-state index in [1.165, 1.54) is 22.9 Å². The molecule has 3 aromatic heterocycles. The fourth-order valence-corrected chi connectivity index (χ4v) is 5.87. The maximum absolute atomic E-state index is 13.5. The van der Waals surface area contributed by atoms with Crippen LogP contribution in [-0.4, -0.2) is 62.1 Å². The summed E-state index contributed by atoms with van der Waals surface area (Å²) in [6, 6.07) is 6.68. The first-order chi connectivity index (χ1) is 21.0. The van der Waals surface area contributed by atoms with Crippen molar-refractivity contribution in [2.45, 2.75) is 64.6 Å². The highest BCUT2D eigenvalue weighted by Gasteiger charge is 2.63. The SMILES string of the molecule is CCNC(=O)C(=O)CC[C@H](NC(=O)c1cc2cccnc2nc1C)C(=O)Nc1cccn(CC(=O)NC23CC(C2)[C@@H]3C)c1=O. The normalized spacial score (nSPS) is 20.4. The lowest BCUT2D eigenvalue weighted by Crippen LogP contribution is -2.74. The van der Waals surface area contributed by atoms with Gasteiger partial charge in [-0.2, -0.15) is 0 Å². The third kappa shape index (κ3) is 6.08. The third-order valence-electron chi connectivity index (χ3n) is 8.71. The lowest BCUT2D eigenvalue weighted by atomic mass is 9.43. The fraction of sp³-hybridized carbons (Fsp3) is 0.419. The van der Waals surface area contributed by atoms with Crippen LogP contribution in [0.2, 0.25) is 0 Å². The standard InChI is InChI=1S/C31H35N7O6/c1-4-32-29(43)24(39)10-9-22(35-27(41)21-13-19-7-5-11-33-26(19)34-18(21)3)28(42)36-23-8-6-12-38(30(23)44)16-25(40)37-31-14-20(15-31)17(31)2/h5-8,11-13,17,20,22H,4,9-10,14-16H2,1-3H3,(H,32,43)(H,35,41)(H,36,42)(H,37,40)/t17-,20?,22-,31?/m0/s1. The minimum Gasteiger partial charge on any atom is -0.350 e. The summed E-state index contributed by atoms with van der Waals surface area (Å²) in [5.41, 5.74) is 0.147. The van der Waals surface area contributed by atoms with Gasteiger partial charge >= 0.3 is 0 Å². The van der Waals surface area contributed by atoms with E-state index in [4.69, 9.17) is 0 Å². The Bertz CT molecular complexity index is 1710. The van der Waals surface area contributed by atoms with Crippen molar-refractivity contribution in [2.24, 2.45) is 11.8 Å². The average molecular weight is 602 g/mol. The van der Waals surface area contributed by atoms with E-state index < -0.39 is 35.1 Å². The van der Waals surface area contributed by atoms with E-state index >= 15 is 0 Å².